The van der Waals surface area contributed by atoms with E-state index in [1.165, 1.54) is 0 Å². The average molecular weight is 788 g/mol. The van der Waals surface area contributed by atoms with Gasteiger partial charge in [-0.25, -0.2) is 0 Å². The molecule has 1 aromatic carbocycles. The molecule has 1 fully saturated rings. The molecule has 3 heterocycles. The number of hydrogen-bond acceptors (Lipinski definition) is 11. The van der Waals surface area contributed by atoms with Gasteiger partial charge in [-0.05, 0) is 61.8 Å². The predicted molar refractivity (Wildman–Crippen MR) is 202 cm³/mol. The Kier molecular flexibility index (Phi) is 17.0. The fourth-order valence-corrected chi connectivity index (χ4v) is 6.64. The summed E-state index contributed by atoms with van der Waals surface area (Å²) in [5.74, 6) is -6.05. The van der Waals surface area contributed by atoms with E-state index in [-0.39, 0.29) is 37.6 Å². The second kappa shape index (κ2) is 21.1. The number of fused-ring (bicyclic) bond motifs is 13. The van der Waals surface area contributed by atoms with Crippen LogP contribution in [-0.4, -0.2) is 119 Å². The molecule has 3 aliphatic heterocycles. The molecular weight excluding hydrogens is 730 g/mol. The van der Waals surface area contributed by atoms with Gasteiger partial charge in [0.05, 0.1) is 24.6 Å². The molecule has 0 aromatic heterocycles. The van der Waals surface area contributed by atoms with Gasteiger partial charge in [0.1, 0.15) is 29.9 Å². The molecule has 12 N–H and O–H groups in total. The van der Waals surface area contributed by atoms with Crippen LogP contribution in [0.25, 0.3) is 0 Å². The van der Waals surface area contributed by atoms with Crippen molar-refractivity contribution in [2.24, 2.45) is 29.0 Å². The Bertz CT molecular complexity index is 1590. The van der Waals surface area contributed by atoms with E-state index >= 15 is 0 Å². The number of nitrogens with two attached hydrogens (primary N) is 3. The number of β-amino-alcohol motifs (C(OH)–C–C–N with tert-alkyl or cyclic N) is 1. The minimum atomic E-state index is -1.53. The highest BCUT2D eigenvalue weighted by Gasteiger charge is 2.38. The molecular formula is C37H57N9O10. The van der Waals surface area contributed by atoms with E-state index in [1.54, 1.807) is 49.9 Å². The zero-order valence-corrected chi connectivity index (χ0v) is 32.4. The third-order valence-corrected chi connectivity index (χ3v) is 10.1. The first kappa shape index (κ1) is 45.1. The fourth-order valence-electron chi connectivity index (χ4n) is 6.64. The Morgan fingerprint density at radius 2 is 1.57 bits per heavy atom. The monoisotopic (exact) mass is 787 g/mol. The van der Waals surface area contributed by atoms with Crippen LogP contribution in [0.1, 0.15) is 71.8 Å². The van der Waals surface area contributed by atoms with Crippen molar-refractivity contribution in [3.63, 3.8) is 0 Å². The number of rotatable bonds is 16. The second-order valence-corrected chi connectivity index (χ2v) is 14.8. The van der Waals surface area contributed by atoms with E-state index in [4.69, 9.17) is 21.9 Å². The van der Waals surface area contributed by atoms with Gasteiger partial charge in [0, 0.05) is 13.0 Å². The number of aliphatic hydroxyl groups is 1. The molecule has 2 unspecified atom stereocenters. The van der Waals surface area contributed by atoms with Crippen LogP contribution in [0.2, 0.25) is 0 Å². The molecule has 1 aromatic rings. The van der Waals surface area contributed by atoms with Gasteiger partial charge < -0.3 is 53.6 Å². The van der Waals surface area contributed by atoms with Gasteiger partial charge in [-0.3, -0.25) is 43.3 Å². The van der Waals surface area contributed by atoms with Crippen LogP contribution in [0.3, 0.4) is 0 Å². The molecule has 0 spiro atoms. The number of nitrogens with zero attached hydrogens (tertiary/aromatic N) is 1. The van der Waals surface area contributed by atoms with Crippen molar-refractivity contribution in [2.45, 2.75) is 115 Å². The highest BCUT2D eigenvalue weighted by atomic mass is 16.5. The number of benzene rings is 1. The zero-order valence-electron chi connectivity index (χ0n) is 32.4. The molecule has 8 atom stereocenters. The van der Waals surface area contributed by atoms with Gasteiger partial charge in [-0.2, -0.15) is 0 Å². The van der Waals surface area contributed by atoms with Crippen molar-refractivity contribution in [1.82, 2.24) is 31.5 Å². The maximum Gasteiger partial charge on any atom is 0.258 e. The maximum atomic E-state index is 13.8. The van der Waals surface area contributed by atoms with Gasteiger partial charge in [0.15, 0.2) is 6.61 Å². The van der Waals surface area contributed by atoms with Crippen LogP contribution in [0, 0.1) is 11.8 Å². The van der Waals surface area contributed by atoms with Gasteiger partial charge in [0.25, 0.3) is 5.91 Å². The van der Waals surface area contributed by atoms with Crippen molar-refractivity contribution < 1.29 is 48.2 Å². The standard InChI is InChI=1S/C37H57N9O10/c1-5-20(4)32(37(55)44-31(19(2)3)33(40)51)45-36(54)26-7-6-14-46(26)17-27(47)24-15-21-8-10-22(11-9-21)56-18-30(50)41-23(12-13-28(38)48)34(52)43-25(16-29(39)49)35(53)42-24/h8-11,19-20,23-27,31-32,47H,5-7,12-18H2,1-4H3,(H2,38,48)(H2,39,49)(H2,40,51)(H,41,50)(H,42,53)(H,43,52)(H,44,55)(H,45,54)/t20-,23+,24-,25-,26-,27?,31-,32?/m0/s1. The third-order valence-electron chi connectivity index (χ3n) is 10.1. The lowest BCUT2D eigenvalue weighted by molar-refractivity contribution is -0.135. The summed E-state index contributed by atoms with van der Waals surface area (Å²) in [4.78, 5) is 104. The number of ether oxygens (including phenoxy) is 1. The predicted octanol–water partition coefficient (Wildman–Crippen LogP) is -2.80. The molecule has 0 aliphatic carbocycles. The van der Waals surface area contributed by atoms with Gasteiger partial charge in [-0.15, -0.1) is 0 Å². The van der Waals surface area contributed by atoms with Gasteiger partial charge >= 0.3 is 0 Å². The first-order chi connectivity index (χ1) is 26.4. The largest absolute Gasteiger partial charge is 0.484 e. The Morgan fingerprint density at radius 1 is 0.911 bits per heavy atom. The van der Waals surface area contributed by atoms with Crippen molar-refractivity contribution in [2.75, 3.05) is 19.7 Å². The lowest BCUT2D eigenvalue weighted by Gasteiger charge is -2.33. The normalized spacial score (nSPS) is 23.1. The number of carbonyl (C=O) groups excluding carboxylic acids is 8. The summed E-state index contributed by atoms with van der Waals surface area (Å²) in [6, 6.07) is -0.00391. The lowest BCUT2D eigenvalue weighted by Crippen LogP contribution is -2.60. The van der Waals surface area contributed by atoms with E-state index in [2.05, 4.69) is 26.6 Å². The number of likely N-dealkylation sites (tertiary alicyclic amines) is 1. The molecule has 19 nitrogen and oxygen atoms in total. The summed E-state index contributed by atoms with van der Waals surface area (Å²) in [6.45, 7) is 7.00. The number of carbonyl (C=O) groups is 8. The van der Waals surface area contributed by atoms with E-state index < -0.39 is 103 Å². The van der Waals surface area contributed by atoms with Crippen LogP contribution in [-0.2, 0) is 44.8 Å². The highest BCUT2D eigenvalue weighted by Crippen LogP contribution is 2.21. The smallest absolute Gasteiger partial charge is 0.258 e. The molecule has 19 heteroatoms. The quantitative estimate of drug-likeness (QED) is 0.0771. The van der Waals surface area contributed by atoms with Crippen molar-refractivity contribution in [3.05, 3.63) is 29.8 Å². The topological polar surface area (TPSA) is 307 Å². The Hall–Kier alpha value is -5.30. The maximum absolute atomic E-state index is 13.8. The van der Waals surface area contributed by atoms with Gasteiger partial charge in [0.2, 0.25) is 41.4 Å². The first-order valence-corrected chi connectivity index (χ1v) is 18.9. The number of amides is 8. The minimum absolute atomic E-state index is 0.0595. The van der Waals surface area contributed by atoms with E-state index in [9.17, 15) is 43.5 Å². The summed E-state index contributed by atoms with van der Waals surface area (Å²) in [7, 11) is 0. The van der Waals surface area contributed by atoms with Crippen molar-refractivity contribution >= 4 is 47.3 Å². The minimum Gasteiger partial charge on any atom is -0.484 e. The van der Waals surface area contributed by atoms with Crippen molar-refractivity contribution in [3.8, 4) is 5.75 Å². The third kappa shape index (κ3) is 13.5. The summed E-state index contributed by atoms with van der Waals surface area (Å²) in [5, 5.41) is 24.9. The first-order valence-electron chi connectivity index (χ1n) is 18.9. The molecule has 4 rings (SSSR count). The summed E-state index contributed by atoms with van der Waals surface area (Å²) >= 11 is 0. The molecule has 1 saturated heterocycles. The van der Waals surface area contributed by atoms with E-state index in [1.807, 2.05) is 6.92 Å². The van der Waals surface area contributed by atoms with E-state index in [0.717, 1.165) is 0 Å². The summed E-state index contributed by atoms with van der Waals surface area (Å²) < 4.78 is 5.57. The molecule has 56 heavy (non-hydrogen) atoms. The molecule has 2 bridgehead atoms. The summed E-state index contributed by atoms with van der Waals surface area (Å²) in [6.07, 6.45) is -0.810. The Balaban J connectivity index is 1.87. The molecule has 8 amide bonds. The second-order valence-electron chi connectivity index (χ2n) is 14.8. The fraction of sp³-hybridized carbons (Fsp3) is 0.622. The highest BCUT2D eigenvalue weighted by molar-refractivity contribution is 5.95. The average Bonchev–Trinajstić information content (AvgIpc) is 3.60. The number of aliphatic hydroxyl groups excluding tert-OH is 1. The lowest BCUT2D eigenvalue weighted by atomic mass is 9.96. The van der Waals surface area contributed by atoms with Crippen LogP contribution in [0.4, 0.5) is 0 Å². The molecule has 3 aliphatic rings. The van der Waals surface area contributed by atoms with Crippen molar-refractivity contribution in [1.29, 1.82) is 0 Å². The molecule has 310 valence electrons. The van der Waals surface area contributed by atoms with Crippen LogP contribution in [0.5, 0.6) is 5.75 Å². The Labute approximate surface area is 325 Å². The van der Waals surface area contributed by atoms with Crippen LogP contribution >= 0.6 is 0 Å². The summed E-state index contributed by atoms with van der Waals surface area (Å²) in [5.41, 5.74) is 16.9. The number of nitrogens with one attached hydrogen (secondary N) is 5. The SMILES string of the molecule is CC[C@H](C)C(NC(=O)[C@@H]1CCCN1CC(O)[C@@H]1Cc2ccc(cc2)OCC(=O)N[C@H](CCC(N)=O)C(=O)N[C@@H](CC(N)=O)C(=O)N1)C(=O)N[C@H](C(N)=O)C(C)C. The van der Waals surface area contributed by atoms with Gasteiger partial charge in [-0.1, -0.05) is 46.2 Å². The van der Waals surface area contributed by atoms with Crippen LogP contribution in [0.15, 0.2) is 24.3 Å². The van der Waals surface area contributed by atoms with E-state index in [0.29, 0.717) is 37.1 Å². The molecule has 0 saturated carbocycles. The Morgan fingerprint density at radius 3 is 2.16 bits per heavy atom. The molecule has 0 radical (unpaired) electrons. The van der Waals surface area contributed by atoms with Crippen LogP contribution < -0.4 is 48.5 Å². The number of hydrogen-bond donors (Lipinski definition) is 9. The zero-order chi connectivity index (χ0) is 41.7. The number of primary amides is 3.